The highest BCUT2D eigenvalue weighted by Gasteiger charge is 2.50. The van der Waals surface area contributed by atoms with Crippen LogP contribution in [0.25, 0.3) is 0 Å². The standard InChI is InChI=1S/C21H22N2O6S/c1-26-14-7-5-11(9-16(14)28-3)22-19(24)13-10-30-21-12-6-8-15(27-2)18(29-4)17(12)20(25)23(13)21/h5-9,13,21H,10H2,1-4H3,(H,22,24)/t13-,21+/m1/s1. The average molecular weight is 430 g/mol. The van der Waals surface area contributed by atoms with Crippen LogP contribution < -0.4 is 24.3 Å². The molecule has 0 aliphatic carbocycles. The zero-order valence-corrected chi connectivity index (χ0v) is 17.9. The van der Waals surface area contributed by atoms with Crippen LogP contribution in [0.15, 0.2) is 30.3 Å². The van der Waals surface area contributed by atoms with Gasteiger partial charge in [0.15, 0.2) is 23.0 Å². The van der Waals surface area contributed by atoms with Gasteiger partial charge < -0.3 is 29.2 Å². The van der Waals surface area contributed by atoms with Gasteiger partial charge in [-0.05, 0) is 18.2 Å². The molecule has 1 saturated heterocycles. The molecule has 1 N–H and O–H groups in total. The minimum atomic E-state index is -0.608. The highest BCUT2D eigenvalue weighted by atomic mass is 32.2. The number of hydrogen-bond acceptors (Lipinski definition) is 7. The summed E-state index contributed by atoms with van der Waals surface area (Å²) >= 11 is 1.56. The van der Waals surface area contributed by atoms with Crippen molar-refractivity contribution in [3.63, 3.8) is 0 Å². The predicted octanol–water partition coefficient (Wildman–Crippen LogP) is 2.93. The van der Waals surface area contributed by atoms with E-state index in [-0.39, 0.29) is 17.2 Å². The molecule has 9 heteroatoms. The van der Waals surface area contributed by atoms with Gasteiger partial charge in [0.05, 0.1) is 34.0 Å². The number of hydrogen-bond donors (Lipinski definition) is 1. The van der Waals surface area contributed by atoms with Crippen molar-refractivity contribution in [3.05, 3.63) is 41.5 Å². The number of nitrogens with one attached hydrogen (secondary N) is 1. The molecule has 4 rings (SSSR count). The SMILES string of the molecule is COc1ccc(NC(=O)[C@H]2CS[C@H]3c4ccc(OC)c(OC)c4C(=O)N23)cc1OC. The maximum absolute atomic E-state index is 13.2. The molecule has 0 aromatic heterocycles. The Labute approximate surface area is 178 Å². The van der Waals surface area contributed by atoms with E-state index in [4.69, 9.17) is 18.9 Å². The lowest BCUT2D eigenvalue weighted by molar-refractivity contribution is -0.119. The van der Waals surface area contributed by atoms with E-state index in [2.05, 4.69) is 5.32 Å². The number of benzene rings is 2. The van der Waals surface area contributed by atoms with Gasteiger partial charge in [0.2, 0.25) is 5.91 Å². The number of anilines is 1. The van der Waals surface area contributed by atoms with E-state index < -0.39 is 6.04 Å². The minimum Gasteiger partial charge on any atom is -0.493 e. The molecule has 0 unspecified atom stereocenters. The number of amides is 2. The Morgan fingerprint density at radius 2 is 1.70 bits per heavy atom. The number of ether oxygens (including phenoxy) is 4. The summed E-state index contributed by atoms with van der Waals surface area (Å²) in [7, 11) is 6.11. The second-order valence-electron chi connectivity index (χ2n) is 6.74. The zero-order chi connectivity index (χ0) is 21.4. The predicted molar refractivity (Wildman–Crippen MR) is 113 cm³/mol. The lowest BCUT2D eigenvalue weighted by atomic mass is 10.1. The molecular formula is C21H22N2O6S. The van der Waals surface area contributed by atoms with Crippen LogP contribution in [-0.4, -0.2) is 56.9 Å². The third-order valence-electron chi connectivity index (χ3n) is 5.25. The smallest absolute Gasteiger partial charge is 0.260 e. The first-order chi connectivity index (χ1) is 14.5. The average Bonchev–Trinajstić information content (AvgIpc) is 3.32. The van der Waals surface area contributed by atoms with Crippen molar-refractivity contribution >= 4 is 29.3 Å². The number of carbonyl (C=O) groups is 2. The van der Waals surface area contributed by atoms with Crippen molar-refractivity contribution < 1.29 is 28.5 Å². The van der Waals surface area contributed by atoms with Crippen molar-refractivity contribution in [1.29, 1.82) is 0 Å². The second-order valence-corrected chi connectivity index (χ2v) is 7.85. The maximum atomic E-state index is 13.2. The third kappa shape index (κ3) is 3.09. The molecule has 2 atom stereocenters. The van der Waals surface area contributed by atoms with E-state index in [0.717, 1.165) is 5.56 Å². The first-order valence-electron chi connectivity index (χ1n) is 9.26. The molecular weight excluding hydrogens is 408 g/mol. The number of nitrogens with zero attached hydrogens (tertiary/aromatic N) is 1. The van der Waals surface area contributed by atoms with E-state index in [0.29, 0.717) is 40.0 Å². The second kappa shape index (κ2) is 7.98. The Hall–Kier alpha value is -3.07. The van der Waals surface area contributed by atoms with Crippen LogP contribution >= 0.6 is 11.8 Å². The van der Waals surface area contributed by atoms with E-state index in [1.165, 1.54) is 21.3 Å². The van der Waals surface area contributed by atoms with Crippen LogP contribution in [0, 0.1) is 0 Å². The lowest BCUT2D eigenvalue weighted by Gasteiger charge is -2.22. The van der Waals surface area contributed by atoms with Crippen LogP contribution in [0.3, 0.4) is 0 Å². The molecule has 2 aromatic carbocycles. The summed E-state index contributed by atoms with van der Waals surface area (Å²) in [5.41, 5.74) is 1.86. The third-order valence-corrected chi connectivity index (χ3v) is 6.55. The Morgan fingerprint density at radius 1 is 1.00 bits per heavy atom. The fraction of sp³-hybridized carbons (Fsp3) is 0.333. The molecule has 2 amide bonds. The fourth-order valence-electron chi connectivity index (χ4n) is 3.83. The van der Waals surface area contributed by atoms with Gasteiger partial charge in [0, 0.05) is 23.1 Å². The van der Waals surface area contributed by atoms with Crippen LogP contribution in [0.5, 0.6) is 23.0 Å². The molecule has 2 aromatic rings. The van der Waals surface area contributed by atoms with Crippen molar-refractivity contribution in [3.8, 4) is 23.0 Å². The summed E-state index contributed by atoms with van der Waals surface area (Å²) in [5.74, 6) is 1.97. The number of thioether (sulfide) groups is 1. The summed E-state index contributed by atoms with van der Waals surface area (Å²) in [6, 6.07) is 8.17. The number of rotatable bonds is 6. The monoisotopic (exact) mass is 430 g/mol. The topological polar surface area (TPSA) is 86.3 Å². The molecule has 158 valence electrons. The molecule has 0 radical (unpaired) electrons. The number of methoxy groups -OCH3 is 4. The van der Waals surface area contributed by atoms with Gasteiger partial charge in [-0.3, -0.25) is 9.59 Å². The van der Waals surface area contributed by atoms with Crippen LogP contribution in [0.4, 0.5) is 5.69 Å². The zero-order valence-electron chi connectivity index (χ0n) is 17.1. The Morgan fingerprint density at radius 3 is 2.37 bits per heavy atom. The first-order valence-corrected chi connectivity index (χ1v) is 10.3. The molecule has 2 heterocycles. The maximum Gasteiger partial charge on any atom is 0.260 e. The van der Waals surface area contributed by atoms with Crippen molar-refractivity contribution in [2.75, 3.05) is 39.5 Å². The van der Waals surface area contributed by atoms with Gasteiger partial charge in [-0.25, -0.2) is 0 Å². The largest absolute Gasteiger partial charge is 0.493 e. The quantitative estimate of drug-likeness (QED) is 0.754. The van der Waals surface area contributed by atoms with Crippen LogP contribution in [-0.2, 0) is 4.79 Å². The minimum absolute atomic E-state index is 0.228. The summed E-state index contributed by atoms with van der Waals surface area (Å²) in [5, 5.41) is 2.66. The molecule has 0 spiro atoms. The Kier molecular flexibility index (Phi) is 5.38. The Bertz CT molecular complexity index is 1010. The van der Waals surface area contributed by atoms with Crippen LogP contribution in [0.1, 0.15) is 21.3 Å². The molecule has 8 nitrogen and oxygen atoms in total. The van der Waals surface area contributed by atoms with Gasteiger partial charge in [-0.15, -0.1) is 11.8 Å². The fourth-order valence-corrected chi connectivity index (χ4v) is 5.29. The van der Waals surface area contributed by atoms with E-state index in [1.807, 2.05) is 6.07 Å². The summed E-state index contributed by atoms with van der Waals surface area (Å²) in [4.78, 5) is 27.9. The normalized spacial score (nSPS) is 19.2. The van der Waals surface area contributed by atoms with E-state index in [9.17, 15) is 9.59 Å². The number of fused-ring (bicyclic) bond motifs is 3. The van der Waals surface area contributed by atoms with Crippen molar-refractivity contribution in [2.24, 2.45) is 0 Å². The summed E-state index contributed by atoms with van der Waals surface area (Å²) < 4.78 is 21.3. The number of carbonyl (C=O) groups excluding carboxylic acids is 2. The van der Waals surface area contributed by atoms with Crippen molar-refractivity contribution in [2.45, 2.75) is 11.4 Å². The summed E-state index contributed by atoms with van der Waals surface area (Å²) in [6.45, 7) is 0. The van der Waals surface area contributed by atoms with Gasteiger partial charge in [-0.2, -0.15) is 0 Å². The first kappa shape index (κ1) is 20.2. The Balaban J connectivity index is 1.59. The molecule has 2 aliphatic rings. The van der Waals surface area contributed by atoms with Gasteiger partial charge >= 0.3 is 0 Å². The van der Waals surface area contributed by atoms with Crippen LogP contribution in [0.2, 0.25) is 0 Å². The van der Waals surface area contributed by atoms with Gasteiger partial charge in [0.25, 0.3) is 5.91 Å². The highest BCUT2D eigenvalue weighted by Crippen LogP contribution is 2.52. The van der Waals surface area contributed by atoms with E-state index >= 15 is 0 Å². The molecule has 1 fully saturated rings. The molecule has 2 aliphatic heterocycles. The lowest BCUT2D eigenvalue weighted by Crippen LogP contribution is -2.42. The van der Waals surface area contributed by atoms with Gasteiger partial charge in [-0.1, -0.05) is 6.07 Å². The van der Waals surface area contributed by atoms with Gasteiger partial charge in [0.1, 0.15) is 11.4 Å². The highest BCUT2D eigenvalue weighted by molar-refractivity contribution is 7.99. The van der Waals surface area contributed by atoms with Crippen molar-refractivity contribution in [1.82, 2.24) is 4.90 Å². The molecule has 30 heavy (non-hydrogen) atoms. The van der Waals surface area contributed by atoms with E-state index in [1.54, 1.807) is 48.0 Å². The summed E-state index contributed by atoms with van der Waals surface area (Å²) in [6.07, 6.45) is 0. The molecule has 0 saturated carbocycles. The molecule has 0 bridgehead atoms.